The van der Waals surface area contributed by atoms with Crippen molar-refractivity contribution in [3.05, 3.63) is 59.2 Å². The molecule has 28 heavy (non-hydrogen) atoms. The van der Waals surface area contributed by atoms with Gasteiger partial charge >= 0.3 is 0 Å². The highest BCUT2D eigenvalue weighted by Gasteiger charge is 2.16. The van der Waals surface area contributed by atoms with Crippen LogP contribution in [-0.2, 0) is 17.6 Å². The van der Waals surface area contributed by atoms with Crippen molar-refractivity contribution < 1.29 is 14.3 Å². The molecule has 1 amide bonds. The number of amides is 1. The molecule has 0 saturated carbocycles. The number of hydrogen-bond acceptors (Lipinski definition) is 3. The van der Waals surface area contributed by atoms with E-state index in [1.54, 1.807) is 7.11 Å². The van der Waals surface area contributed by atoms with E-state index < -0.39 is 0 Å². The first-order chi connectivity index (χ1) is 13.7. The van der Waals surface area contributed by atoms with Crippen molar-refractivity contribution in [2.45, 2.75) is 57.9 Å². The topological polar surface area (TPSA) is 47.6 Å². The summed E-state index contributed by atoms with van der Waals surface area (Å²) in [6.45, 7) is 2.65. The highest BCUT2D eigenvalue weighted by atomic mass is 16.5. The largest absolute Gasteiger partial charge is 0.497 e. The molecule has 2 aromatic carbocycles. The molecule has 2 aromatic rings. The number of hydrogen-bond donors (Lipinski definition) is 1. The molecule has 1 atom stereocenters. The second-order valence-electron chi connectivity index (χ2n) is 7.39. The number of carbonyl (C=O) groups excluding carboxylic acids is 1. The molecule has 1 N–H and O–H groups in total. The monoisotopic (exact) mass is 381 g/mol. The minimum absolute atomic E-state index is 0.0854. The summed E-state index contributed by atoms with van der Waals surface area (Å²) in [7, 11) is 1.64. The highest BCUT2D eigenvalue weighted by Crippen LogP contribution is 2.26. The lowest BCUT2D eigenvalue weighted by molar-refractivity contribution is -0.122. The van der Waals surface area contributed by atoms with Gasteiger partial charge in [0.25, 0.3) is 0 Å². The number of benzene rings is 2. The van der Waals surface area contributed by atoms with Gasteiger partial charge < -0.3 is 14.8 Å². The van der Waals surface area contributed by atoms with Crippen LogP contribution in [0.3, 0.4) is 0 Å². The van der Waals surface area contributed by atoms with Crippen LogP contribution in [0.1, 0.15) is 61.8 Å². The van der Waals surface area contributed by atoms with E-state index in [4.69, 9.17) is 9.47 Å². The summed E-state index contributed by atoms with van der Waals surface area (Å²) in [5, 5.41) is 3.19. The molecule has 1 aliphatic rings. The van der Waals surface area contributed by atoms with Gasteiger partial charge in [-0.2, -0.15) is 0 Å². The molecule has 0 heterocycles. The fourth-order valence-corrected chi connectivity index (χ4v) is 3.75. The van der Waals surface area contributed by atoms with Crippen LogP contribution in [0.25, 0.3) is 0 Å². The number of methoxy groups -OCH3 is 1. The van der Waals surface area contributed by atoms with Gasteiger partial charge in [-0.3, -0.25) is 4.79 Å². The van der Waals surface area contributed by atoms with Crippen LogP contribution < -0.4 is 14.8 Å². The fraction of sp³-hybridized carbons (Fsp3) is 0.458. The van der Waals surface area contributed by atoms with Gasteiger partial charge in [-0.25, -0.2) is 0 Å². The van der Waals surface area contributed by atoms with Gasteiger partial charge in [0.05, 0.1) is 19.8 Å². The van der Waals surface area contributed by atoms with Gasteiger partial charge in [-0.15, -0.1) is 0 Å². The lowest BCUT2D eigenvalue weighted by atomic mass is 9.89. The number of rotatable bonds is 9. The zero-order valence-corrected chi connectivity index (χ0v) is 17.0. The maximum absolute atomic E-state index is 12.4. The molecule has 1 aliphatic carbocycles. The Morgan fingerprint density at radius 1 is 1.04 bits per heavy atom. The second kappa shape index (κ2) is 10.2. The summed E-state index contributed by atoms with van der Waals surface area (Å²) in [6.07, 6.45) is 6.97. The maximum atomic E-state index is 12.4. The van der Waals surface area contributed by atoms with Crippen LogP contribution in [0.2, 0.25) is 0 Å². The zero-order chi connectivity index (χ0) is 19.8. The first-order valence-electron chi connectivity index (χ1n) is 10.4. The first-order valence-corrected chi connectivity index (χ1v) is 10.4. The Morgan fingerprint density at radius 3 is 2.46 bits per heavy atom. The third kappa shape index (κ3) is 5.51. The average Bonchev–Trinajstić information content (AvgIpc) is 2.75. The van der Waals surface area contributed by atoms with Crippen LogP contribution in [0, 0.1) is 0 Å². The summed E-state index contributed by atoms with van der Waals surface area (Å²) in [6, 6.07) is 14.3. The Labute approximate surface area is 168 Å². The van der Waals surface area contributed by atoms with Crippen LogP contribution in [0.4, 0.5) is 0 Å². The number of ether oxygens (including phenoxy) is 2. The zero-order valence-electron chi connectivity index (χ0n) is 17.0. The number of carbonyl (C=O) groups is 1. The van der Waals surface area contributed by atoms with E-state index in [2.05, 4.69) is 30.4 Å². The van der Waals surface area contributed by atoms with Crippen molar-refractivity contribution in [2.75, 3.05) is 13.7 Å². The van der Waals surface area contributed by atoms with Gasteiger partial charge in [0.15, 0.2) is 0 Å². The molecule has 150 valence electrons. The van der Waals surface area contributed by atoms with Gasteiger partial charge in [0.2, 0.25) is 5.91 Å². The molecule has 0 unspecified atom stereocenters. The first kappa shape index (κ1) is 20.2. The number of fused-ring (bicyclic) bond motifs is 1. The van der Waals surface area contributed by atoms with Crippen molar-refractivity contribution in [1.29, 1.82) is 0 Å². The molecule has 0 saturated heterocycles. The molecule has 0 aliphatic heterocycles. The number of aryl methyl sites for hydroxylation is 2. The van der Waals surface area contributed by atoms with E-state index in [9.17, 15) is 4.79 Å². The molecular formula is C24H31NO3. The minimum atomic E-state index is 0.0854. The van der Waals surface area contributed by atoms with E-state index in [1.165, 1.54) is 36.0 Å². The Morgan fingerprint density at radius 2 is 1.75 bits per heavy atom. The summed E-state index contributed by atoms with van der Waals surface area (Å²) < 4.78 is 10.8. The van der Waals surface area contributed by atoms with Gasteiger partial charge in [0, 0.05) is 6.42 Å². The summed E-state index contributed by atoms with van der Waals surface area (Å²) in [5.74, 6) is 1.68. The smallest absolute Gasteiger partial charge is 0.220 e. The van der Waals surface area contributed by atoms with E-state index in [0.29, 0.717) is 19.4 Å². The lowest BCUT2D eigenvalue weighted by Crippen LogP contribution is -2.28. The van der Waals surface area contributed by atoms with Crippen LogP contribution in [0.15, 0.2) is 42.5 Å². The normalized spacial score (nSPS) is 14.1. The van der Waals surface area contributed by atoms with E-state index >= 15 is 0 Å². The van der Waals surface area contributed by atoms with Crippen LogP contribution >= 0.6 is 0 Å². The van der Waals surface area contributed by atoms with E-state index in [-0.39, 0.29) is 11.9 Å². The molecule has 0 radical (unpaired) electrons. The summed E-state index contributed by atoms with van der Waals surface area (Å²) in [5.41, 5.74) is 4.17. The van der Waals surface area contributed by atoms with Crippen molar-refractivity contribution in [1.82, 2.24) is 5.32 Å². The van der Waals surface area contributed by atoms with Gasteiger partial charge in [-0.05, 0) is 79.5 Å². The molecule has 0 bridgehead atoms. The Kier molecular flexibility index (Phi) is 7.35. The maximum Gasteiger partial charge on any atom is 0.220 e. The van der Waals surface area contributed by atoms with Gasteiger partial charge in [-0.1, -0.05) is 25.1 Å². The SMILES string of the molecule is CC[C@@H](NC(=O)CCCOc1ccc(OC)cc1)c1ccc2c(c1)CCCC2. The van der Waals surface area contributed by atoms with E-state index in [1.807, 2.05) is 24.3 Å². The summed E-state index contributed by atoms with van der Waals surface area (Å²) in [4.78, 5) is 12.4. The predicted octanol–water partition coefficient (Wildman–Crippen LogP) is 5.00. The molecule has 4 heteroatoms. The minimum Gasteiger partial charge on any atom is -0.497 e. The van der Waals surface area contributed by atoms with Crippen LogP contribution in [0.5, 0.6) is 11.5 Å². The lowest BCUT2D eigenvalue weighted by Gasteiger charge is -2.21. The van der Waals surface area contributed by atoms with Crippen molar-refractivity contribution in [3.63, 3.8) is 0 Å². The molecule has 0 fully saturated rings. The Hall–Kier alpha value is -2.49. The van der Waals surface area contributed by atoms with Crippen LogP contribution in [-0.4, -0.2) is 19.6 Å². The molecule has 4 nitrogen and oxygen atoms in total. The molecule has 0 aromatic heterocycles. The predicted molar refractivity (Wildman–Crippen MR) is 112 cm³/mol. The Balaban J connectivity index is 1.44. The molecule has 3 rings (SSSR count). The third-order valence-corrected chi connectivity index (χ3v) is 5.39. The quantitative estimate of drug-likeness (QED) is 0.622. The standard InChI is InChI=1S/C24H31NO3/c1-3-23(20-11-10-18-7-4-5-8-19(18)17-20)25-24(26)9-6-16-28-22-14-12-21(27-2)13-15-22/h10-15,17,23H,3-9,16H2,1-2H3,(H,25,26)/t23-/m1/s1. The van der Waals surface area contributed by atoms with Gasteiger partial charge in [0.1, 0.15) is 11.5 Å². The molecule has 0 spiro atoms. The number of nitrogens with one attached hydrogen (secondary N) is 1. The Bertz CT molecular complexity index is 770. The summed E-state index contributed by atoms with van der Waals surface area (Å²) >= 11 is 0. The third-order valence-electron chi connectivity index (χ3n) is 5.39. The van der Waals surface area contributed by atoms with Crippen molar-refractivity contribution in [3.8, 4) is 11.5 Å². The molecular weight excluding hydrogens is 350 g/mol. The highest BCUT2D eigenvalue weighted by molar-refractivity contribution is 5.76. The average molecular weight is 382 g/mol. The van der Waals surface area contributed by atoms with Crippen molar-refractivity contribution >= 4 is 5.91 Å². The van der Waals surface area contributed by atoms with E-state index in [0.717, 1.165) is 24.3 Å². The second-order valence-corrected chi connectivity index (χ2v) is 7.39. The van der Waals surface area contributed by atoms with Crippen molar-refractivity contribution in [2.24, 2.45) is 0 Å². The fourth-order valence-electron chi connectivity index (χ4n) is 3.75.